The molecule has 0 aliphatic carbocycles. The summed E-state index contributed by atoms with van der Waals surface area (Å²) in [7, 11) is 0. The fourth-order valence-electron chi connectivity index (χ4n) is 2.12. The largest absolute Gasteiger partial charge is 0.416 e. The SMILES string of the molecule is CC[C@H]1C(C)=Nc2cc(C(F)(F)F)ccc21. The summed E-state index contributed by atoms with van der Waals surface area (Å²) in [5, 5.41) is 0. The number of aliphatic imine (C=N–C) groups is 1. The van der Waals surface area contributed by atoms with Crippen LogP contribution in [0.5, 0.6) is 0 Å². The number of alkyl halides is 3. The van der Waals surface area contributed by atoms with Crippen LogP contribution in [0.15, 0.2) is 23.2 Å². The highest BCUT2D eigenvalue weighted by Gasteiger charge is 2.32. The molecule has 0 unspecified atom stereocenters. The molecule has 0 amide bonds. The van der Waals surface area contributed by atoms with E-state index in [9.17, 15) is 13.2 Å². The third-order valence-corrected chi connectivity index (χ3v) is 2.94. The summed E-state index contributed by atoms with van der Waals surface area (Å²) in [6, 6.07) is 3.82. The van der Waals surface area contributed by atoms with Crippen LogP contribution in [-0.2, 0) is 6.18 Å². The molecule has 86 valence electrons. The molecular formula is C12H12F3N. The van der Waals surface area contributed by atoms with E-state index in [1.54, 1.807) is 6.07 Å². The van der Waals surface area contributed by atoms with Crippen molar-refractivity contribution >= 4 is 11.4 Å². The monoisotopic (exact) mass is 227 g/mol. The lowest BCUT2D eigenvalue weighted by Crippen LogP contribution is -2.05. The van der Waals surface area contributed by atoms with Crippen LogP contribution in [0, 0.1) is 0 Å². The Bertz CT molecular complexity index is 446. The van der Waals surface area contributed by atoms with E-state index in [4.69, 9.17) is 0 Å². The van der Waals surface area contributed by atoms with Crippen LogP contribution in [-0.4, -0.2) is 5.71 Å². The Kier molecular flexibility index (Phi) is 2.52. The van der Waals surface area contributed by atoms with Gasteiger partial charge in [0, 0.05) is 11.6 Å². The van der Waals surface area contributed by atoms with Gasteiger partial charge in [-0.25, -0.2) is 0 Å². The lowest BCUT2D eigenvalue weighted by atomic mass is 9.93. The highest BCUT2D eigenvalue weighted by molar-refractivity contribution is 5.96. The molecule has 4 heteroatoms. The maximum absolute atomic E-state index is 12.5. The molecule has 0 fully saturated rings. The van der Waals surface area contributed by atoms with Crippen molar-refractivity contribution in [2.45, 2.75) is 32.4 Å². The van der Waals surface area contributed by atoms with E-state index in [1.807, 2.05) is 13.8 Å². The van der Waals surface area contributed by atoms with Gasteiger partial charge in [0.25, 0.3) is 0 Å². The number of rotatable bonds is 1. The van der Waals surface area contributed by atoms with Crippen LogP contribution in [0.2, 0.25) is 0 Å². The van der Waals surface area contributed by atoms with Crippen molar-refractivity contribution < 1.29 is 13.2 Å². The second-order valence-electron chi connectivity index (χ2n) is 3.99. The number of nitrogens with zero attached hydrogens (tertiary/aromatic N) is 1. The zero-order valence-corrected chi connectivity index (χ0v) is 9.10. The normalized spacial score (nSPS) is 19.6. The topological polar surface area (TPSA) is 12.4 Å². The van der Waals surface area contributed by atoms with E-state index in [0.29, 0.717) is 5.69 Å². The molecule has 1 aromatic rings. The van der Waals surface area contributed by atoms with Crippen LogP contribution in [0.3, 0.4) is 0 Å². The Labute approximate surface area is 92.0 Å². The number of benzene rings is 1. The predicted molar refractivity (Wildman–Crippen MR) is 57.2 cm³/mol. The molecule has 1 aliphatic heterocycles. The van der Waals surface area contributed by atoms with Crippen molar-refractivity contribution in [1.82, 2.24) is 0 Å². The Balaban J connectivity index is 2.47. The molecule has 0 saturated carbocycles. The maximum Gasteiger partial charge on any atom is 0.416 e. The molecule has 0 N–H and O–H groups in total. The zero-order chi connectivity index (χ0) is 11.9. The Hall–Kier alpha value is -1.32. The standard InChI is InChI=1S/C12H12F3N/c1-3-9-7(2)16-11-6-8(12(13,14)15)4-5-10(9)11/h4-6,9H,3H2,1-2H3/t9-/m0/s1. The van der Waals surface area contributed by atoms with E-state index in [1.165, 1.54) is 0 Å². The molecule has 0 saturated heterocycles. The minimum absolute atomic E-state index is 0.178. The molecule has 0 radical (unpaired) electrons. The molecule has 0 spiro atoms. The van der Waals surface area contributed by atoms with Gasteiger partial charge in [0.15, 0.2) is 0 Å². The molecule has 1 aromatic carbocycles. The molecular weight excluding hydrogens is 215 g/mol. The zero-order valence-electron chi connectivity index (χ0n) is 9.10. The summed E-state index contributed by atoms with van der Waals surface area (Å²) >= 11 is 0. The van der Waals surface area contributed by atoms with Crippen molar-refractivity contribution in [3.05, 3.63) is 29.3 Å². The molecule has 1 aliphatic rings. The average molecular weight is 227 g/mol. The first kappa shape index (κ1) is 11.2. The molecule has 16 heavy (non-hydrogen) atoms. The smallest absolute Gasteiger partial charge is 0.257 e. The van der Waals surface area contributed by atoms with Crippen LogP contribution in [0.1, 0.15) is 37.3 Å². The van der Waals surface area contributed by atoms with Gasteiger partial charge >= 0.3 is 6.18 Å². The van der Waals surface area contributed by atoms with Gasteiger partial charge in [0.05, 0.1) is 11.3 Å². The van der Waals surface area contributed by atoms with Crippen LogP contribution in [0.4, 0.5) is 18.9 Å². The quantitative estimate of drug-likeness (QED) is 0.678. The molecule has 1 heterocycles. The third-order valence-electron chi connectivity index (χ3n) is 2.94. The fourth-order valence-corrected chi connectivity index (χ4v) is 2.12. The van der Waals surface area contributed by atoms with Gasteiger partial charge in [-0.2, -0.15) is 13.2 Å². The summed E-state index contributed by atoms with van der Waals surface area (Å²) in [6.45, 7) is 3.87. The summed E-state index contributed by atoms with van der Waals surface area (Å²) in [4.78, 5) is 4.20. The predicted octanol–water partition coefficient (Wildman–Crippen LogP) is 4.31. The van der Waals surface area contributed by atoms with Gasteiger partial charge in [-0.05, 0) is 31.0 Å². The van der Waals surface area contributed by atoms with Crippen LogP contribution in [0.25, 0.3) is 0 Å². The highest BCUT2D eigenvalue weighted by atomic mass is 19.4. The Morgan fingerprint density at radius 1 is 1.31 bits per heavy atom. The first-order valence-electron chi connectivity index (χ1n) is 5.19. The maximum atomic E-state index is 12.5. The van der Waals surface area contributed by atoms with Crippen molar-refractivity contribution in [3.8, 4) is 0 Å². The van der Waals surface area contributed by atoms with Crippen molar-refractivity contribution in [1.29, 1.82) is 0 Å². The summed E-state index contributed by atoms with van der Waals surface area (Å²) < 4.78 is 37.5. The minimum atomic E-state index is -4.29. The van der Waals surface area contributed by atoms with Crippen LogP contribution >= 0.6 is 0 Å². The summed E-state index contributed by atoms with van der Waals surface area (Å²) in [6.07, 6.45) is -3.42. The lowest BCUT2D eigenvalue weighted by Gasteiger charge is -2.11. The van der Waals surface area contributed by atoms with Crippen LogP contribution < -0.4 is 0 Å². The second kappa shape index (κ2) is 3.61. The second-order valence-corrected chi connectivity index (χ2v) is 3.99. The van der Waals surface area contributed by atoms with Gasteiger partial charge < -0.3 is 0 Å². The number of hydrogen-bond acceptors (Lipinski definition) is 1. The van der Waals surface area contributed by atoms with Gasteiger partial charge in [-0.3, -0.25) is 4.99 Å². The molecule has 0 aromatic heterocycles. The van der Waals surface area contributed by atoms with E-state index >= 15 is 0 Å². The minimum Gasteiger partial charge on any atom is -0.257 e. The Morgan fingerprint density at radius 2 is 2.00 bits per heavy atom. The molecule has 1 atom stereocenters. The number of fused-ring (bicyclic) bond motifs is 1. The van der Waals surface area contributed by atoms with E-state index < -0.39 is 11.7 Å². The van der Waals surface area contributed by atoms with E-state index in [2.05, 4.69) is 4.99 Å². The Morgan fingerprint density at radius 3 is 2.56 bits per heavy atom. The van der Waals surface area contributed by atoms with E-state index in [0.717, 1.165) is 29.8 Å². The molecule has 1 nitrogen and oxygen atoms in total. The van der Waals surface area contributed by atoms with Crippen molar-refractivity contribution in [3.63, 3.8) is 0 Å². The molecule has 2 rings (SSSR count). The number of hydrogen-bond donors (Lipinski definition) is 0. The van der Waals surface area contributed by atoms with Crippen molar-refractivity contribution in [2.75, 3.05) is 0 Å². The van der Waals surface area contributed by atoms with Gasteiger partial charge in [-0.1, -0.05) is 13.0 Å². The fraction of sp³-hybridized carbons (Fsp3) is 0.417. The van der Waals surface area contributed by atoms with Gasteiger partial charge in [-0.15, -0.1) is 0 Å². The number of halogens is 3. The summed E-state index contributed by atoms with van der Waals surface area (Å²) in [5.41, 5.74) is 1.66. The lowest BCUT2D eigenvalue weighted by molar-refractivity contribution is -0.137. The van der Waals surface area contributed by atoms with Gasteiger partial charge in [0.1, 0.15) is 0 Å². The van der Waals surface area contributed by atoms with Gasteiger partial charge in [0.2, 0.25) is 0 Å². The third kappa shape index (κ3) is 1.72. The first-order valence-corrected chi connectivity index (χ1v) is 5.19. The van der Waals surface area contributed by atoms with Crippen molar-refractivity contribution in [2.24, 2.45) is 4.99 Å². The average Bonchev–Trinajstić information content (AvgIpc) is 2.50. The highest BCUT2D eigenvalue weighted by Crippen LogP contribution is 2.40. The summed E-state index contributed by atoms with van der Waals surface area (Å²) in [5.74, 6) is 0.178. The first-order chi connectivity index (χ1) is 7.43. The molecule has 0 bridgehead atoms. The van der Waals surface area contributed by atoms with E-state index in [-0.39, 0.29) is 5.92 Å².